The lowest BCUT2D eigenvalue weighted by atomic mass is 10.1. The lowest BCUT2D eigenvalue weighted by molar-refractivity contribution is 0.0220. The second-order valence-corrected chi connectivity index (χ2v) is 7.31. The third-order valence-corrected chi connectivity index (χ3v) is 4.73. The summed E-state index contributed by atoms with van der Waals surface area (Å²) in [5.74, 6) is 0. The normalized spacial score (nSPS) is 17.8. The number of hydrogen-bond donors (Lipinski definition) is 0. The maximum atomic E-state index is 12.2. The number of ether oxygens (including phenoxy) is 1. The van der Waals surface area contributed by atoms with Gasteiger partial charge in [-0.05, 0) is 66.7 Å². The topological polar surface area (TPSA) is 29.5 Å². The van der Waals surface area contributed by atoms with Gasteiger partial charge in [0, 0.05) is 11.5 Å². The molecule has 1 aliphatic rings. The average Bonchev–Trinajstić information content (AvgIpc) is 2.75. The smallest absolute Gasteiger partial charge is 0.410 e. The Morgan fingerprint density at radius 2 is 2.10 bits per heavy atom. The van der Waals surface area contributed by atoms with Crippen molar-refractivity contribution >= 4 is 33.6 Å². The van der Waals surface area contributed by atoms with E-state index in [9.17, 15) is 4.79 Å². The molecular formula is C15H19BrClNO2. The first-order chi connectivity index (χ1) is 9.20. The van der Waals surface area contributed by atoms with E-state index < -0.39 is 5.60 Å². The number of fused-ring (bicyclic) bond motifs is 1. The van der Waals surface area contributed by atoms with E-state index in [4.69, 9.17) is 16.3 Å². The van der Waals surface area contributed by atoms with Gasteiger partial charge >= 0.3 is 6.09 Å². The van der Waals surface area contributed by atoms with Crippen LogP contribution in [0.1, 0.15) is 44.4 Å². The van der Waals surface area contributed by atoms with Crippen LogP contribution in [0.15, 0.2) is 16.6 Å². The molecule has 0 aliphatic heterocycles. The molecule has 20 heavy (non-hydrogen) atoms. The van der Waals surface area contributed by atoms with Crippen molar-refractivity contribution in [1.82, 2.24) is 4.90 Å². The van der Waals surface area contributed by atoms with E-state index >= 15 is 0 Å². The van der Waals surface area contributed by atoms with E-state index in [0.717, 1.165) is 33.5 Å². The molecule has 0 saturated carbocycles. The maximum Gasteiger partial charge on any atom is 0.410 e. The van der Waals surface area contributed by atoms with Gasteiger partial charge in [0.25, 0.3) is 0 Å². The summed E-state index contributed by atoms with van der Waals surface area (Å²) in [5.41, 5.74) is 1.76. The van der Waals surface area contributed by atoms with Crippen molar-refractivity contribution in [3.63, 3.8) is 0 Å². The molecule has 0 aromatic heterocycles. The minimum Gasteiger partial charge on any atom is -0.444 e. The summed E-state index contributed by atoms with van der Waals surface area (Å²) in [7, 11) is 1.78. The number of halogens is 2. The summed E-state index contributed by atoms with van der Waals surface area (Å²) in [5, 5.41) is 0.752. The summed E-state index contributed by atoms with van der Waals surface area (Å²) in [6.07, 6.45) is 1.46. The highest BCUT2D eigenvalue weighted by molar-refractivity contribution is 9.10. The molecule has 0 bridgehead atoms. The van der Waals surface area contributed by atoms with Gasteiger partial charge in [-0.3, -0.25) is 0 Å². The molecule has 1 aliphatic carbocycles. The molecule has 1 atom stereocenters. The highest BCUT2D eigenvalue weighted by atomic mass is 79.9. The van der Waals surface area contributed by atoms with Gasteiger partial charge in [0.2, 0.25) is 0 Å². The van der Waals surface area contributed by atoms with Crippen LogP contribution in [0.3, 0.4) is 0 Å². The second kappa shape index (κ2) is 5.57. The van der Waals surface area contributed by atoms with Crippen molar-refractivity contribution < 1.29 is 9.53 Å². The first-order valence-corrected chi connectivity index (χ1v) is 7.80. The zero-order valence-corrected chi connectivity index (χ0v) is 14.5. The average molecular weight is 361 g/mol. The van der Waals surface area contributed by atoms with Crippen LogP contribution >= 0.6 is 27.5 Å². The first kappa shape index (κ1) is 15.6. The van der Waals surface area contributed by atoms with Crippen molar-refractivity contribution in [2.24, 2.45) is 0 Å². The van der Waals surface area contributed by atoms with Gasteiger partial charge in [0.05, 0.1) is 11.1 Å². The summed E-state index contributed by atoms with van der Waals surface area (Å²) in [6, 6.07) is 4.00. The Hall–Kier alpha value is -0.740. The van der Waals surface area contributed by atoms with Crippen LogP contribution in [0.25, 0.3) is 0 Å². The van der Waals surface area contributed by atoms with E-state index in [1.54, 1.807) is 11.9 Å². The van der Waals surface area contributed by atoms with Gasteiger partial charge in [0.15, 0.2) is 0 Å². The fourth-order valence-corrected chi connectivity index (χ4v) is 3.11. The quantitative estimate of drug-likeness (QED) is 0.708. The number of carbonyl (C=O) groups excluding carboxylic acids is 1. The molecule has 0 saturated heterocycles. The summed E-state index contributed by atoms with van der Waals surface area (Å²) >= 11 is 9.75. The van der Waals surface area contributed by atoms with Crippen molar-refractivity contribution in [3.05, 3.63) is 32.8 Å². The highest BCUT2D eigenvalue weighted by Gasteiger charge is 2.32. The molecular weight excluding hydrogens is 342 g/mol. The van der Waals surface area contributed by atoms with E-state index in [0.29, 0.717) is 0 Å². The van der Waals surface area contributed by atoms with Gasteiger partial charge in [0.1, 0.15) is 5.60 Å². The number of hydrogen-bond acceptors (Lipinski definition) is 2. The van der Waals surface area contributed by atoms with E-state index in [-0.39, 0.29) is 12.1 Å². The van der Waals surface area contributed by atoms with E-state index in [2.05, 4.69) is 15.9 Å². The molecule has 0 N–H and O–H groups in total. The molecule has 2 rings (SSSR count). The molecule has 1 aromatic rings. The SMILES string of the molecule is CN(C(=O)OC(C)(C)C)C1CCc2c1ccc(Br)c2Cl. The summed E-state index contributed by atoms with van der Waals surface area (Å²) in [4.78, 5) is 13.8. The molecule has 0 fully saturated rings. The van der Waals surface area contributed by atoms with Gasteiger partial charge in [-0.25, -0.2) is 4.79 Å². The lowest BCUT2D eigenvalue weighted by Crippen LogP contribution is -2.36. The monoisotopic (exact) mass is 359 g/mol. The van der Waals surface area contributed by atoms with Crippen molar-refractivity contribution in [2.75, 3.05) is 7.05 Å². The number of carbonyl (C=O) groups is 1. The van der Waals surface area contributed by atoms with Crippen LogP contribution in [0.4, 0.5) is 4.79 Å². The third-order valence-electron chi connectivity index (χ3n) is 3.41. The predicted molar refractivity (Wildman–Crippen MR) is 84.2 cm³/mol. The largest absolute Gasteiger partial charge is 0.444 e. The Balaban J connectivity index is 2.22. The van der Waals surface area contributed by atoms with Crippen LogP contribution in [0.2, 0.25) is 5.02 Å². The van der Waals surface area contributed by atoms with Crippen LogP contribution < -0.4 is 0 Å². The van der Waals surface area contributed by atoms with E-state index in [1.165, 1.54) is 0 Å². The minimum atomic E-state index is -0.482. The molecule has 5 heteroatoms. The number of benzene rings is 1. The zero-order valence-electron chi connectivity index (χ0n) is 12.2. The molecule has 0 spiro atoms. The highest BCUT2D eigenvalue weighted by Crippen LogP contribution is 2.41. The Morgan fingerprint density at radius 3 is 2.70 bits per heavy atom. The van der Waals surface area contributed by atoms with E-state index in [1.807, 2.05) is 32.9 Å². The van der Waals surface area contributed by atoms with Gasteiger partial charge in [-0.2, -0.15) is 0 Å². The summed E-state index contributed by atoms with van der Waals surface area (Å²) < 4.78 is 6.33. The minimum absolute atomic E-state index is 0.0328. The number of nitrogens with zero attached hydrogens (tertiary/aromatic N) is 1. The fourth-order valence-electron chi connectivity index (χ4n) is 2.47. The van der Waals surface area contributed by atoms with Crippen molar-refractivity contribution in [2.45, 2.75) is 45.3 Å². The van der Waals surface area contributed by atoms with Gasteiger partial charge in [-0.1, -0.05) is 17.7 Å². The third kappa shape index (κ3) is 3.12. The fraction of sp³-hybridized carbons (Fsp3) is 0.533. The van der Waals surface area contributed by atoms with Gasteiger partial charge < -0.3 is 9.64 Å². The van der Waals surface area contributed by atoms with Gasteiger partial charge in [-0.15, -0.1) is 0 Å². The Bertz CT molecular complexity index is 539. The molecule has 110 valence electrons. The molecule has 3 nitrogen and oxygen atoms in total. The van der Waals surface area contributed by atoms with Crippen LogP contribution in [-0.2, 0) is 11.2 Å². The maximum absolute atomic E-state index is 12.2. The first-order valence-electron chi connectivity index (χ1n) is 6.63. The Kier molecular flexibility index (Phi) is 4.35. The zero-order chi connectivity index (χ0) is 15.1. The molecule has 1 unspecified atom stereocenters. The molecule has 1 amide bonds. The predicted octanol–water partition coefficient (Wildman–Crippen LogP) is 4.96. The standard InChI is InChI=1S/C15H19BrClNO2/c1-15(2,3)20-14(19)18(4)12-8-6-10-9(12)5-7-11(16)13(10)17/h5,7,12H,6,8H2,1-4H3. The number of amides is 1. The molecule has 0 radical (unpaired) electrons. The van der Waals surface area contributed by atoms with Crippen LogP contribution in [0.5, 0.6) is 0 Å². The number of rotatable bonds is 1. The second-order valence-electron chi connectivity index (χ2n) is 6.07. The Labute approximate surface area is 133 Å². The molecule has 0 heterocycles. The Morgan fingerprint density at radius 1 is 1.45 bits per heavy atom. The van der Waals surface area contributed by atoms with Crippen LogP contribution in [0, 0.1) is 0 Å². The van der Waals surface area contributed by atoms with Crippen molar-refractivity contribution in [1.29, 1.82) is 0 Å². The van der Waals surface area contributed by atoms with Crippen molar-refractivity contribution in [3.8, 4) is 0 Å². The van der Waals surface area contributed by atoms with Crippen LogP contribution in [-0.4, -0.2) is 23.6 Å². The molecule has 1 aromatic carbocycles. The lowest BCUT2D eigenvalue weighted by Gasteiger charge is -2.29. The summed E-state index contributed by atoms with van der Waals surface area (Å²) in [6.45, 7) is 5.61.